The Kier molecular flexibility index (Phi) is 1.09. The Labute approximate surface area is 63.7 Å². The van der Waals surface area contributed by atoms with Crippen LogP contribution in [0.5, 0.6) is 0 Å². The lowest BCUT2D eigenvalue weighted by molar-refractivity contribution is 0.995. The quantitative estimate of drug-likeness (QED) is 0.595. The Morgan fingerprint density at radius 1 is 1.55 bits per heavy atom. The summed E-state index contributed by atoms with van der Waals surface area (Å²) in [7, 11) is 0. The Morgan fingerprint density at radius 3 is 3.18 bits per heavy atom. The SMILES string of the molecule is Cc1nc(N)cc2nccn12. The van der Waals surface area contributed by atoms with Gasteiger partial charge in [-0.3, -0.25) is 4.40 Å². The topological polar surface area (TPSA) is 56.2 Å². The number of nitrogens with zero attached hydrogens (tertiary/aromatic N) is 3. The highest BCUT2D eigenvalue weighted by atomic mass is 15.1. The van der Waals surface area contributed by atoms with E-state index in [9.17, 15) is 0 Å². The fourth-order valence-electron chi connectivity index (χ4n) is 1.10. The van der Waals surface area contributed by atoms with Crippen molar-refractivity contribution < 1.29 is 0 Å². The average Bonchev–Trinajstić information content (AvgIpc) is 2.34. The fraction of sp³-hybridized carbons (Fsp3) is 0.143. The van der Waals surface area contributed by atoms with Gasteiger partial charge in [-0.25, -0.2) is 9.97 Å². The summed E-state index contributed by atoms with van der Waals surface area (Å²) in [6.07, 6.45) is 3.58. The molecule has 0 aliphatic heterocycles. The third kappa shape index (κ3) is 0.832. The van der Waals surface area contributed by atoms with Crippen LogP contribution >= 0.6 is 0 Å². The number of nitrogens with two attached hydrogens (primary N) is 1. The number of aryl methyl sites for hydroxylation is 1. The lowest BCUT2D eigenvalue weighted by Crippen LogP contribution is -1.98. The molecule has 0 fully saturated rings. The van der Waals surface area contributed by atoms with Crippen LogP contribution in [0.1, 0.15) is 5.82 Å². The number of anilines is 1. The number of hydrogen-bond acceptors (Lipinski definition) is 3. The summed E-state index contributed by atoms with van der Waals surface area (Å²) < 4.78 is 1.89. The third-order valence-corrected chi connectivity index (χ3v) is 1.59. The van der Waals surface area contributed by atoms with Crippen LogP contribution in [0.15, 0.2) is 18.5 Å². The summed E-state index contributed by atoms with van der Waals surface area (Å²) >= 11 is 0. The summed E-state index contributed by atoms with van der Waals surface area (Å²) in [4.78, 5) is 8.16. The lowest BCUT2D eigenvalue weighted by atomic mass is 10.5. The molecular weight excluding hydrogens is 140 g/mol. The molecule has 2 aromatic rings. The van der Waals surface area contributed by atoms with Crippen LogP contribution in [0.2, 0.25) is 0 Å². The van der Waals surface area contributed by atoms with Gasteiger partial charge in [0.15, 0.2) is 0 Å². The molecule has 11 heavy (non-hydrogen) atoms. The fourth-order valence-corrected chi connectivity index (χ4v) is 1.10. The monoisotopic (exact) mass is 148 g/mol. The molecule has 0 aliphatic rings. The van der Waals surface area contributed by atoms with E-state index < -0.39 is 0 Å². The highest BCUT2D eigenvalue weighted by Crippen LogP contribution is 2.06. The van der Waals surface area contributed by atoms with E-state index in [2.05, 4.69) is 9.97 Å². The van der Waals surface area contributed by atoms with Gasteiger partial charge in [0.1, 0.15) is 17.3 Å². The number of rotatable bonds is 0. The van der Waals surface area contributed by atoms with E-state index in [1.54, 1.807) is 12.3 Å². The smallest absolute Gasteiger partial charge is 0.141 e. The maximum atomic E-state index is 5.52. The summed E-state index contributed by atoms with van der Waals surface area (Å²) in [6, 6.07) is 1.74. The number of aromatic nitrogens is 3. The van der Waals surface area contributed by atoms with E-state index in [4.69, 9.17) is 5.73 Å². The van der Waals surface area contributed by atoms with Crippen molar-refractivity contribution in [2.75, 3.05) is 5.73 Å². The van der Waals surface area contributed by atoms with E-state index in [-0.39, 0.29) is 0 Å². The van der Waals surface area contributed by atoms with Crippen molar-refractivity contribution >= 4 is 11.5 Å². The molecule has 0 spiro atoms. The molecule has 2 N–H and O–H groups in total. The molecule has 2 heterocycles. The molecular formula is C7H8N4. The molecule has 4 nitrogen and oxygen atoms in total. The Balaban J connectivity index is 2.91. The van der Waals surface area contributed by atoms with Crippen molar-refractivity contribution in [1.29, 1.82) is 0 Å². The van der Waals surface area contributed by atoms with Crippen molar-refractivity contribution in [2.45, 2.75) is 6.92 Å². The standard InChI is InChI=1S/C7H8N4/c1-5-10-6(8)4-7-9-2-3-11(5)7/h2-4H,8H2,1H3. The molecule has 56 valence electrons. The Morgan fingerprint density at radius 2 is 2.36 bits per heavy atom. The van der Waals surface area contributed by atoms with Gasteiger partial charge in [0, 0.05) is 18.5 Å². The molecule has 0 amide bonds. The van der Waals surface area contributed by atoms with Crippen LogP contribution in [0.25, 0.3) is 5.65 Å². The second kappa shape index (κ2) is 1.95. The van der Waals surface area contributed by atoms with Crippen molar-refractivity contribution in [3.63, 3.8) is 0 Å². The first-order valence-electron chi connectivity index (χ1n) is 3.33. The van der Waals surface area contributed by atoms with E-state index in [0.29, 0.717) is 5.82 Å². The van der Waals surface area contributed by atoms with E-state index in [1.165, 1.54) is 0 Å². The first kappa shape index (κ1) is 6.15. The molecule has 0 radical (unpaired) electrons. The largest absolute Gasteiger partial charge is 0.384 e. The van der Waals surface area contributed by atoms with Crippen LogP contribution in [-0.4, -0.2) is 14.4 Å². The Hall–Kier alpha value is -1.58. The first-order chi connectivity index (χ1) is 5.27. The molecule has 0 aromatic carbocycles. The van der Waals surface area contributed by atoms with Gasteiger partial charge < -0.3 is 5.73 Å². The Bertz CT molecular complexity index is 390. The molecule has 4 heteroatoms. The summed E-state index contributed by atoms with van der Waals surface area (Å²) in [5.74, 6) is 1.37. The molecule has 0 aliphatic carbocycles. The maximum Gasteiger partial charge on any atom is 0.141 e. The van der Waals surface area contributed by atoms with Gasteiger partial charge >= 0.3 is 0 Å². The van der Waals surface area contributed by atoms with Gasteiger partial charge in [-0.15, -0.1) is 0 Å². The van der Waals surface area contributed by atoms with E-state index in [0.717, 1.165) is 11.5 Å². The van der Waals surface area contributed by atoms with Crippen molar-refractivity contribution in [1.82, 2.24) is 14.4 Å². The summed E-state index contributed by atoms with van der Waals surface area (Å²) in [5.41, 5.74) is 6.36. The molecule has 0 atom stereocenters. The number of imidazole rings is 1. The second-order valence-corrected chi connectivity index (χ2v) is 2.38. The zero-order valence-corrected chi connectivity index (χ0v) is 6.15. The number of hydrogen-bond donors (Lipinski definition) is 1. The van der Waals surface area contributed by atoms with Gasteiger partial charge in [-0.1, -0.05) is 0 Å². The van der Waals surface area contributed by atoms with Crippen molar-refractivity contribution in [2.24, 2.45) is 0 Å². The number of fused-ring (bicyclic) bond motifs is 1. The zero-order valence-electron chi connectivity index (χ0n) is 6.15. The van der Waals surface area contributed by atoms with Crippen LogP contribution in [0.3, 0.4) is 0 Å². The van der Waals surface area contributed by atoms with Crippen molar-refractivity contribution in [3.05, 3.63) is 24.3 Å². The van der Waals surface area contributed by atoms with Gasteiger partial charge in [-0.05, 0) is 6.92 Å². The molecule has 0 bridgehead atoms. The first-order valence-corrected chi connectivity index (χ1v) is 3.33. The minimum absolute atomic E-state index is 0.515. The van der Waals surface area contributed by atoms with Gasteiger partial charge in [-0.2, -0.15) is 0 Å². The predicted molar refractivity (Wildman–Crippen MR) is 42.1 cm³/mol. The van der Waals surface area contributed by atoms with E-state index >= 15 is 0 Å². The predicted octanol–water partition coefficient (Wildman–Crippen LogP) is 0.620. The molecule has 2 aromatic heterocycles. The third-order valence-electron chi connectivity index (χ3n) is 1.59. The highest BCUT2D eigenvalue weighted by Gasteiger charge is 1.98. The normalized spacial score (nSPS) is 10.6. The van der Waals surface area contributed by atoms with Crippen LogP contribution in [0.4, 0.5) is 5.82 Å². The average molecular weight is 148 g/mol. The van der Waals surface area contributed by atoms with Gasteiger partial charge in [0.25, 0.3) is 0 Å². The summed E-state index contributed by atoms with van der Waals surface area (Å²) in [5, 5.41) is 0. The maximum absolute atomic E-state index is 5.52. The van der Waals surface area contributed by atoms with Crippen LogP contribution in [-0.2, 0) is 0 Å². The lowest BCUT2D eigenvalue weighted by Gasteiger charge is -1.98. The molecule has 0 unspecified atom stereocenters. The van der Waals surface area contributed by atoms with Gasteiger partial charge in [0.05, 0.1) is 0 Å². The van der Waals surface area contributed by atoms with Gasteiger partial charge in [0.2, 0.25) is 0 Å². The highest BCUT2D eigenvalue weighted by molar-refractivity contribution is 5.47. The minimum Gasteiger partial charge on any atom is -0.384 e. The number of nitrogen functional groups attached to an aromatic ring is 1. The van der Waals surface area contributed by atoms with Crippen molar-refractivity contribution in [3.8, 4) is 0 Å². The van der Waals surface area contributed by atoms with E-state index in [1.807, 2.05) is 17.5 Å². The molecule has 0 saturated heterocycles. The molecule has 0 saturated carbocycles. The van der Waals surface area contributed by atoms with Crippen LogP contribution < -0.4 is 5.73 Å². The summed E-state index contributed by atoms with van der Waals surface area (Å²) in [6.45, 7) is 1.89. The second-order valence-electron chi connectivity index (χ2n) is 2.38. The molecule has 2 rings (SSSR count). The zero-order chi connectivity index (χ0) is 7.84. The minimum atomic E-state index is 0.515. The van der Waals surface area contributed by atoms with Crippen LogP contribution in [0, 0.1) is 6.92 Å².